The van der Waals surface area contributed by atoms with Gasteiger partial charge in [-0.1, -0.05) is 12.1 Å². The number of ether oxygens (including phenoxy) is 1. The third-order valence-electron chi connectivity index (χ3n) is 3.51. The summed E-state index contributed by atoms with van der Waals surface area (Å²) < 4.78 is 5.31. The monoisotopic (exact) mass is 401 g/mol. The average Bonchev–Trinajstić information content (AvgIpc) is 2.59. The van der Waals surface area contributed by atoms with Gasteiger partial charge >= 0.3 is 5.97 Å². The van der Waals surface area contributed by atoms with Crippen molar-refractivity contribution in [1.29, 1.82) is 0 Å². The zero-order chi connectivity index (χ0) is 18.1. The lowest BCUT2D eigenvalue weighted by Crippen LogP contribution is -2.18. The van der Waals surface area contributed by atoms with E-state index in [4.69, 9.17) is 4.74 Å². The SMILES string of the molecule is O=C(Oc1cccc2c1C(=O)C(Br)=CC2=O)c1ccc([N+](=O)[O-])cc1. The number of nitro benzene ring substituents is 1. The van der Waals surface area contributed by atoms with Gasteiger partial charge in [0.2, 0.25) is 5.78 Å². The molecule has 0 aliphatic heterocycles. The van der Waals surface area contributed by atoms with Crippen LogP contribution in [0.2, 0.25) is 0 Å². The fourth-order valence-corrected chi connectivity index (χ4v) is 2.72. The van der Waals surface area contributed by atoms with E-state index in [0.29, 0.717) is 0 Å². The Kier molecular flexibility index (Phi) is 4.28. The fraction of sp³-hybridized carbons (Fsp3) is 0. The first-order chi connectivity index (χ1) is 11.9. The predicted octanol–water partition coefficient (Wildman–Crippen LogP) is 3.47. The van der Waals surface area contributed by atoms with Gasteiger partial charge in [0.15, 0.2) is 5.78 Å². The molecule has 0 atom stereocenters. The molecule has 25 heavy (non-hydrogen) atoms. The molecule has 124 valence electrons. The summed E-state index contributed by atoms with van der Waals surface area (Å²) in [6, 6.07) is 9.20. The highest BCUT2D eigenvalue weighted by molar-refractivity contribution is 9.12. The number of allylic oxidation sites excluding steroid dienone is 2. The fourth-order valence-electron chi connectivity index (χ4n) is 2.31. The van der Waals surface area contributed by atoms with Crippen molar-refractivity contribution in [3.05, 3.63) is 79.8 Å². The lowest BCUT2D eigenvalue weighted by molar-refractivity contribution is -0.384. The van der Waals surface area contributed by atoms with Crippen LogP contribution in [0, 0.1) is 10.1 Å². The molecule has 0 aromatic heterocycles. The standard InChI is InChI=1S/C17H8BrNO6/c18-12-8-13(20)11-2-1-3-14(15(11)16(12)21)25-17(22)9-4-6-10(7-5-9)19(23)24/h1-8H. The number of benzene rings is 2. The van der Waals surface area contributed by atoms with Crippen molar-refractivity contribution in [3.63, 3.8) is 0 Å². The Morgan fingerprint density at radius 3 is 2.40 bits per heavy atom. The van der Waals surface area contributed by atoms with Crippen LogP contribution in [-0.4, -0.2) is 22.5 Å². The second kappa shape index (κ2) is 6.40. The summed E-state index contributed by atoms with van der Waals surface area (Å²) >= 11 is 3.02. The maximum atomic E-state index is 12.3. The van der Waals surface area contributed by atoms with E-state index < -0.39 is 16.7 Å². The van der Waals surface area contributed by atoms with Gasteiger partial charge in [0, 0.05) is 23.8 Å². The molecule has 0 bridgehead atoms. The van der Waals surface area contributed by atoms with E-state index in [-0.39, 0.29) is 38.4 Å². The number of ketones is 2. The van der Waals surface area contributed by atoms with Crippen LogP contribution >= 0.6 is 15.9 Å². The lowest BCUT2D eigenvalue weighted by Gasteiger charge is -2.15. The van der Waals surface area contributed by atoms with Gasteiger partial charge in [0.1, 0.15) is 5.75 Å². The first-order valence-electron chi connectivity index (χ1n) is 6.94. The number of Topliss-reactive ketones (excluding diaryl/α,β-unsaturated/α-hetero) is 1. The molecule has 1 aliphatic rings. The minimum absolute atomic E-state index is 0.00265. The van der Waals surface area contributed by atoms with E-state index in [9.17, 15) is 24.5 Å². The van der Waals surface area contributed by atoms with Gasteiger partial charge in [-0.15, -0.1) is 0 Å². The second-order valence-corrected chi connectivity index (χ2v) is 5.91. The maximum Gasteiger partial charge on any atom is 0.343 e. The minimum atomic E-state index is -0.797. The molecule has 1 aliphatic carbocycles. The van der Waals surface area contributed by atoms with Crippen molar-refractivity contribution in [2.45, 2.75) is 0 Å². The molecule has 2 aromatic rings. The van der Waals surface area contributed by atoms with Crippen molar-refractivity contribution >= 4 is 39.2 Å². The number of hydrogen-bond donors (Lipinski definition) is 0. The number of rotatable bonds is 3. The molecule has 0 unspecified atom stereocenters. The molecule has 8 heteroatoms. The van der Waals surface area contributed by atoms with E-state index >= 15 is 0 Å². The number of nitrogens with zero attached hydrogens (tertiary/aromatic N) is 1. The van der Waals surface area contributed by atoms with Gasteiger partial charge in [0.25, 0.3) is 5.69 Å². The number of halogens is 1. The summed E-state index contributed by atoms with van der Waals surface area (Å²) in [5, 5.41) is 10.6. The van der Waals surface area contributed by atoms with E-state index in [1.807, 2.05) is 0 Å². The van der Waals surface area contributed by atoms with Crippen LogP contribution in [0.25, 0.3) is 0 Å². The highest BCUT2D eigenvalue weighted by atomic mass is 79.9. The lowest BCUT2D eigenvalue weighted by atomic mass is 9.94. The van der Waals surface area contributed by atoms with E-state index in [2.05, 4.69) is 15.9 Å². The van der Waals surface area contributed by atoms with E-state index in [1.54, 1.807) is 0 Å². The zero-order valence-corrected chi connectivity index (χ0v) is 14.0. The van der Waals surface area contributed by atoms with Crippen LogP contribution in [0.5, 0.6) is 5.75 Å². The van der Waals surface area contributed by atoms with E-state index in [0.717, 1.165) is 6.08 Å². The normalized spacial score (nSPS) is 13.1. The zero-order valence-electron chi connectivity index (χ0n) is 12.4. The smallest absolute Gasteiger partial charge is 0.343 e. The Labute approximate surface area is 149 Å². The molecule has 3 rings (SSSR count). The summed E-state index contributed by atoms with van der Waals surface area (Å²) in [6.07, 6.45) is 1.16. The average molecular weight is 402 g/mol. The number of nitro groups is 1. The first-order valence-corrected chi connectivity index (χ1v) is 7.73. The minimum Gasteiger partial charge on any atom is -0.422 e. The molecule has 0 saturated carbocycles. The Bertz CT molecular complexity index is 962. The highest BCUT2D eigenvalue weighted by Gasteiger charge is 2.28. The summed E-state index contributed by atoms with van der Waals surface area (Å²) in [6.45, 7) is 0. The topological polar surface area (TPSA) is 104 Å². The van der Waals surface area contributed by atoms with Gasteiger partial charge in [-0.05, 0) is 34.1 Å². The van der Waals surface area contributed by atoms with Gasteiger partial charge in [-0.2, -0.15) is 0 Å². The summed E-state index contributed by atoms with van der Waals surface area (Å²) in [4.78, 5) is 46.6. The largest absolute Gasteiger partial charge is 0.422 e. The molecule has 7 nitrogen and oxygen atoms in total. The number of hydrogen-bond acceptors (Lipinski definition) is 6. The van der Waals surface area contributed by atoms with Gasteiger partial charge in [0.05, 0.1) is 20.5 Å². The number of carbonyl (C=O) groups excluding carboxylic acids is 3. The summed E-state index contributed by atoms with van der Waals surface area (Å²) in [5.41, 5.74) is 0.0511. The molecule has 0 fully saturated rings. The van der Waals surface area contributed by atoms with Crippen LogP contribution in [0.3, 0.4) is 0 Å². The molecule has 0 N–H and O–H groups in total. The molecule has 2 aromatic carbocycles. The molecule has 0 heterocycles. The quantitative estimate of drug-likeness (QED) is 0.337. The third-order valence-corrected chi connectivity index (χ3v) is 4.10. The molecule has 0 radical (unpaired) electrons. The van der Waals surface area contributed by atoms with Crippen LogP contribution in [-0.2, 0) is 0 Å². The first kappa shape index (κ1) is 16.7. The van der Waals surface area contributed by atoms with Crippen LogP contribution < -0.4 is 4.74 Å². The maximum absolute atomic E-state index is 12.3. The number of non-ortho nitro benzene ring substituents is 1. The Morgan fingerprint density at radius 2 is 1.76 bits per heavy atom. The third kappa shape index (κ3) is 3.11. The number of carbonyl (C=O) groups is 3. The van der Waals surface area contributed by atoms with Crippen molar-refractivity contribution in [2.24, 2.45) is 0 Å². The van der Waals surface area contributed by atoms with Crippen molar-refractivity contribution in [3.8, 4) is 5.75 Å². The number of fused-ring (bicyclic) bond motifs is 1. The van der Waals surface area contributed by atoms with Gasteiger partial charge in [-0.3, -0.25) is 19.7 Å². The molecule has 0 saturated heterocycles. The predicted molar refractivity (Wildman–Crippen MR) is 90.2 cm³/mol. The molecular weight excluding hydrogens is 394 g/mol. The molecular formula is C17H8BrNO6. The van der Waals surface area contributed by atoms with Gasteiger partial charge < -0.3 is 4.74 Å². The second-order valence-electron chi connectivity index (χ2n) is 5.06. The number of esters is 1. The van der Waals surface area contributed by atoms with Crippen molar-refractivity contribution < 1.29 is 24.0 Å². The van der Waals surface area contributed by atoms with E-state index in [1.165, 1.54) is 42.5 Å². The molecule has 0 amide bonds. The Balaban J connectivity index is 1.93. The van der Waals surface area contributed by atoms with Crippen LogP contribution in [0.1, 0.15) is 31.1 Å². The summed E-state index contributed by atoms with van der Waals surface area (Å²) in [7, 11) is 0. The Morgan fingerprint density at radius 1 is 1.08 bits per heavy atom. The van der Waals surface area contributed by atoms with Crippen molar-refractivity contribution in [2.75, 3.05) is 0 Å². The van der Waals surface area contributed by atoms with Crippen molar-refractivity contribution in [1.82, 2.24) is 0 Å². The Hall–Kier alpha value is -3.13. The highest BCUT2D eigenvalue weighted by Crippen LogP contribution is 2.32. The van der Waals surface area contributed by atoms with Crippen LogP contribution in [0.4, 0.5) is 5.69 Å². The summed E-state index contributed by atoms with van der Waals surface area (Å²) in [5.74, 6) is -1.70. The van der Waals surface area contributed by atoms with Crippen LogP contribution in [0.15, 0.2) is 53.0 Å². The molecule has 0 spiro atoms. The van der Waals surface area contributed by atoms with Gasteiger partial charge in [-0.25, -0.2) is 4.79 Å².